The van der Waals surface area contributed by atoms with Crippen LogP contribution in [-0.2, 0) is 6.42 Å². The van der Waals surface area contributed by atoms with Crippen LogP contribution < -0.4 is 10.6 Å². The average molecular weight is 275 g/mol. The van der Waals surface area contributed by atoms with E-state index in [-0.39, 0.29) is 5.95 Å². The molecule has 2 N–H and O–H groups in total. The molecule has 2 aromatic rings. The normalized spacial score (nSPS) is 18.2. The quantitative estimate of drug-likeness (QED) is 0.868. The van der Waals surface area contributed by atoms with Gasteiger partial charge in [-0.25, -0.2) is 4.98 Å². The summed E-state index contributed by atoms with van der Waals surface area (Å²) in [5, 5.41) is 0.526. The third-order valence-corrected chi connectivity index (χ3v) is 3.76. The Hall–Kier alpha value is -1.81. The standard InChI is InChI=1S/C14H15ClN4/c1-9-6-7-10-4-2-3-5-12(10)19(9)13-11(15)8-17-14(16)18-13/h2-5,8-9H,6-7H2,1H3,(H2,16,17,18). The summed E-state index contributed by atoms with van der Waals surface area (Å²) in [6.07, 6.45) is 3.70. The minimum atomic E-state index is 0.245. The first-order valence-corrected chi connectivity index (χ1v) is 6.70. The van der Waals surface area contributed by atoms with Crippen LogP contribution in [0.4, 0.5) is 17.5 Å². The second-order valence-corrected chi connectivity index (χ2v) is 5.19. The van der Waals surface area contributed by atoms with E-state index in [1.807, 2.05) is 6.07 Å². The number of hydrogen-bond donors (Lipinski definition) is 1. The van der Waals surface area contributed by atoms with E-state index in [1.165, 1.54) is 5.56 Å². The van der Waals surface area contributed by atoms with Crippen LogP contribution in [0.25, 0.3) is 0 Å². The molecule has 1 aliphatic heterocycles. The monoisotopic (exact) mass is 274 g/mol. The second-order valence-electron chi connectivity index (χ2n) is 4.79. The zero-order valence-electron chi connectivity index (χ0n) is 10.7. The summed E-state index contributed by atoms with van der Waals surface area (Å²) in [5.74, 6) is 0.934. The van der Waals surface area contributed by atoms with E-state index in [0.29, 0.717) is 16.9 Å². The van der Waals surface area contributed by atoms with E-state index >= 15 is 0 Å². The van der Waals surface area contributed by atoms with Crippen molar-refractivity contribution in [2.24, 2.45) is 0 Å². The number of rotatable bonds is 1. The predicted octanol–water partition coefficient (Wildman–Crippen LogP) is 3.19. The fourth-order valence-electron chi connectivity index (χ4n) is 2.55. The SMILES string of the molecule is CC1CCc2ccccc2N1c1nc(N)ncc1Cl. The lowest BCUT2D eigenvalue weighted by Crippen LogP contribution is -2.34. The highest BCUT2D eigenvalue weighted by atomic mass is 35.5. The molecule has 0 saturated carbocycles. The first kappa shape index (κ1) is 12.2. The Morgan fingerprint density at radius 3 is 3.00 bits per heavy atom. The number of para-hydroxylation sites is 1. The smallest absolute Gasteiger partial charge is 0.222 e. The molecule has 98 valence electrons. The molecule has 19 heavy (non-hydrogen) atoms. The van der Waals surface area contributed by atoms with Crippen molar-refractivity contribution in [3.8, 4) is 0 Å². The summed E-state index contributed by atoms with van der Waals surface area (Å²) in [6.45, 7) is 2.17. The molecule has 3 rings (SSSR count). The van der Waals surface area contributed by atoms with Gasteiger partial charge in [-0.3, -0.25) is 0 Å². The van der Waals surface area contributed by atoms with E-state index in [4.69, 9.17) is 17.3 Å². The number of anilines is 3. The van der Waals surface area contributed by atoms with E-state index in [9.17, 15) is 0 Å². The molecule has 0 radical (unpaired) electrons. The summed E-state index contributed by atoms with van der Waals surface area (Å²) in [4.78, 5) is 10.4. The van der Waals surface area contributed by atoms with Gasteiger partial charge in [0.25, 0.3) is 0 Å². The zero-order chi connectivity index (χ0) is 13.4. The van der Waals surface area contributed by atoms with Crippen LogP contribution in [0.2, 0.25) is 5.02 Å². The average Bonchev–Trinajstić information content (AvgIpc) is 2.42. The second kappa shape index (κ2) is 4.70. The molecule has 1 aliphatic rings. The molecular formula is C14H15ClN4. The molecule has 0 saturated heterocycles. The Bertz CT molecular complexity index is 614. The van der Waals surface area contributed by atoms with Crippen molar-refractivity contribution in [3.63, 3.8) is 0 Å². The number of fused-ring (bicyclic) bond motifs is 1. The number of hydrogen-bond acceptors (Lipinski definition) is 4. The van der Waals surface area contributed by atoms with Gasteiger partial charge in [0.15, 0.2) is 5.82 Å². The molecule has 0 fully saturated rings. The number of nitrogens with two attached hydrogens (primary N) is 1. The van der Waals surface area contributed by atoms with Crippen molar-refractivity contribution in [2.45, 2.75) is 25.8 Å². The fraction of sp³-hybridized carbons (Fsp3) is 0.286. The number of nitrogen functional groups attached to an aromatic ring is 1. The highest BCUT2D eigenvalue weighted by molar-refractivity contribution is 6.33. The van der Waals surface area contributed by atoms with Crippen LogP contribution in [0, 0.1) is 0 Å². The summed E-state index contributed by atoms with van der Waals surface area (Å²) in [7, 11) is 0. The summed E-state index contributed by atoms with van der Waals surface area (Å²) in [5.41, 5.74) is 8.16. The Morgan fingerprint density at radius 2 is 2.16 bits per heavy atom. The van der Waals surface area contributed by atoms with Crippen LogP contribution in [0.1, 0.15) is 18.9 Å². The molecular weight excluding hydrogens is 260 g/mol. The van der Waals surface area contributed by atoms with Gasteiger partial charge in [0.1, 0.15) is 5.02 Å². The molecule has 5 heteroatoms. The van der Waals surface area contributed by atoms with Gasteiger partial charge in [0, 0.05) is 11.7 Å². The molecule has 0 amide bonds. The van der Waals surface area contributed by atoms with E-state index in [0.717, 1.165) is 18.5 Å². The van der Waals surface area contributed by atoms with Gasteiger partial charge in [0.2, 0.25) is 5.95 Å². The van der Waals surface area contributed by atoms with Gasteiger partial charge in [0.05, 0.1) is 6.20 Å². The van der Waals surface area contributed by atoms with Gasteiger partial charge in [-0.15, -0.1) is 0 Å². The van der Waals surface area contributed by atoms with E-state index in [1.54, 1.807) is 6.20 Å². The zero-order valence-corrected chi connectivity index (χ0v) is 11.4. The van der Waals surface area contributed by atoms with Crippen LogP contribution in [0.15, 0.2) is 30.5 Å². The molecule has 0 bridgehead atoms. The minimum absolute atomic E-state index is 0.245. The largest absolute Gasteiger partial charge is 0.368 e. The molecule has 0 aliphatic carbocycles. The number of halogens is 1. The molecule has 2 heterocycles. The van der Waals surface area contributed by atoms with Crippen LogP contribution in [0.5, 0.6) is 0 Å². The van der Waals surface area contributed by atoms with Crippen molar-refractivity contribution in [1.29, 1.82) is 0 Å². The maximum absolute atomic E-state index is 6.24. The summed E-state index contributed by atoms with van der Waals surface area (Å²) < 4.78 is 0. The molecule has 1 unspecified atom stereocenters. The van der Waals surface area contributed by atoms with Crippen molar-refractivity contribution < 1.29 is 0 Å². The lowest BCUT2D eigenvalue weighted by molar-refractivity contribution is 0.613. The van der Waals surface area contributed by atoms with Gasteiger partial charge >= 0.3 is 0 Å². The number of nitrogens with zero attached hydrogens (tertiary/aromatic N) is 3. The van der Waals surface area contributed by atoms with Crippen LogP contribution in [-0.4, -0.2) is 16.0 Å². The number of aromatic nitrogens is 2. The van der Waals surface area contributed by atoms with Crippen molar-refractivity contribution >= 4 is 29.1 Å². The Labute approximate surface area is 117 Å². The van der Waals surface area contributed by atoms with Crippen LogP contribution >= 0.6 is 11.6 Å². The first-order valence-electron chi connectivity index (χ1n) is 6.32. The first-order chi connectivity index (χ1) is 9.16. The number of aryl methyl sites for hydroxylation is 1. The van der Waals surface area contributed by atoms with E-state index in [2.05, 4.69) is 40.0 Å². The minimum Gasteiger partial charge on any atom is -0.368 e. The Morgan fingerprint density at radius 1 is 1.37 bits per heavy atom. The maximum Gasteiger partial charge on any atom is 0.222 e. The molecule has 0 spiro atoms. The maximum atomic E-state index is 6.24. The van der Waals surface area contributed by atoms with Gasteiger partial charge in [-0.1, -0.05) is 29.8 Å². The number of benzene rings is 1. The third-order valence-electron chi connectivity index (χ3n) is 3.50. The highest BCUT2D eigenvalue weighted by Gasteiger charge is 2.26. The van der Waals surface area contributed by atoms with Gasteiger partial charge in [-0.05, 0) is 31.4 Å². The molecule has 4 nitrogen and oxygen atoms in total. The molecule has 1 atom stereocenters. The third kappa shape index (κ3) is 2.12. The summed E-state index contributed by atoms with van der Waals surface area (Å²) >= 11 is 6.24. The lowest BCUT2D eigenvalue weighted by atomic mass is 9.97. The highest BCUT2D eigenvalue weighted by Crippen LogP contribution is 2.38. The fourth-order valence-corrected chi connectivity index (χ4v) is 2.73. The molecule has 1 aromatic carbocycles. The van der Waals surface area contributed by atoms with Crippen molar-refractivity contribution in [1.82, 2.24) is 9.97 Å². The Balaban J connectivity index is 2.16. The Kier molecular flexibility index (Phi) is 3.03. The predicted molar refractivity (Wildman–Crippen MR) is 77.8 cm³/mol. The molecule has 1 aromatic heterocycles. The van der Waals surface area contributed by atoms with E-state index < -0.39 is 0 Å². The van der Waals surface area contributed by atoms with Gasteiger partial charge in [-0.2, -0.15) is 4.98 Å². The van der Waals surface area contributed by atoms with Gasteiger partial charge < -0.3 is 10.6 Å². The summed E-state index contributed by atoms with van der Waals surface area (Å²) in [6, 6.07) is 8.67. The van der Waals surface area contributed by atoms with Crippen molar-refractivity contribution in [2.75, 3.05) is 10.6 Å². The van der Waals surface area contributed by atoms with Crippen molar-refractivity contribution in [3.05, 3.63) is 41.0 Å². The topological polar surface area (TPSA) is 55.0 Å². The lowest BCUT2D eigenvalue weighted by Gasteiger charge is -2.36. The van der Waals surface area contributed by atoms with Crippen LogP contribution in [0.3, 0.4) is 0 Å².